The molecule has 19 heavy (non-hydrogen) atoms. The predicted octanol–water partition coefficient (Wildman–Crippen LogP) is 1.02. The number of rotatable bonds is 6. The molecule has 1 heterocycles. The van der Waals surface area contributed by atoms with Crippen LogP contribution in [-0.4, -0.2) is 53.7 Å². The van der Waals surface area contributed by atoms with Gasteiger partial charge in [-0.05, 0) is 32.2 Å². The Labute approximate surface area is 114 Å². The SMILES string of the molecule is CCCN1CCC(NC(=O)N[C@@H](CC)C(=O)O)CC1. The maximum Gasteiger partial charge on any atom is 0.326 e. The van der Waals surface area contributed by atoms with Gasteiger partial charge in [0.2, 0.25) is 0 Å². The zero-order valence-electron chi connectivity index (χ0n) is 11.8. The van der Waals surface area contributed by atoms with E-state index in [2.05, 4.69) is 22.5 Å². The van der Waals surface area contributed by atoms with Gasteiger partial charge in [-0.2, -0.15) is 0 Å². The lowest BCUT2D eigenvalue weighted by Gasteiger charge is -2.32. The Balaban J connectivity index is 2.28. The van der Waals surface area contributed by atoms with E-state index < -0.39 is 12.0 Å². The number of amides is 2. The van der Waals surface area contributed by atoms with Crippen LogP contribution in [0.4, 0.5) is 4.79 Å². The molecular weight excluding hydrogens is 246 g/mol. The molecule has 0 radical (unpaired) electrons. The standard InChI is InChI=1S/C13H25N3O3/c1-3-7-16-8-5-10(6-9-16)14-13(19)15-11(4-2)12(17)18/h10-11H,3-9H2,1-2H3,(H,17,18)(H2,14,15,19)/t11-/m0/s1. The third kappa shape index (κ3) is 5.46. The van der Waals surface area contributed by atoms with Crippen molar-refractivity contribution in [2.45, 2.75) is 51.6 Å². The Hall–Kier alpha value is -1.30. The molecule has 0 aromatic heterocycles. The maximum atomic E-state index is 11.7. The summed E-state index contributed by atoms with van der Waals surface area (Å²) < 4.78 is 0. The van der Waals surface area contributed by atoms with Crippen LogP contribution in [0.2, 0.25) is 0 Å². The molecule has 6 nitrogen and oxygen atoms in total. The number of hydrogen-bond acceptors (Lipinski definition) is 3. The largest absolute Gasteiger partial charge is 0.480 e. The average Bonchev–Trinajstić information content (AvgIpc) is 2.38. The summed E-state index contributed by atoms with van der Waals surface area (Å²) in [5.41, 5.74) is 0. The topological polar surface area (TPSA) is 81.7 Å². The molecule has 2 amide bonds. The highest BCUT2D eigenvalue weighted by Gasteiger charge is 2.22. The summed E-state index contributed by atoms with van der Waals surface area (Å²) in [5.74, 6) is -0.990. The van der Waals surface area contributed by atoms with Crippen molar-refractivity contribution in [1.29, 1.82) is 0 Å². The Morgan fingerprint density at radius 3 is 2.42 bits per heavy atom. The van der Waals surface area contributed by atoms with Gasteiger partial charge >= 0.3 is 12.0 Å². The summed E-state index contributed by atoms with van der Waals surface area (Å²) in [4.78, 5) is 24.9. The van der Waals surface area contributed by atoms with Gasteiger partial charge in [0.1, 0.15) is 6.04 Å². The van der Waals surface area contributed by atoms with Crippen molar-refractivity contribution in [1.82, 2.24) is 15.5 Å². The molecule has 0 aromatic carbocycles. The number of carboxylic acid groups (broad SMARTS) is 1. The molecule has 1 aliphatic rings. The minimum atomic E-state index is -0.990. The summed E-state index contributed by atoms with van der Waals surface area (Å²) in [7, 11) is 0. The minimum Gasteiger partial charge on any atom is -0.480 e. The van der Waals surface area contributed by atoms with E-state index in [1.54, 1.807) is 6.92 Å². The molecule has 1 saturated heterocycles. The van der Waals surface area contributed by atoms with Gasteiger partial charge in [0.05, 0.1) is 0 Å². The fourth-order valence-electron chi connectivity index (χ4n) is 2.34. The van der Waals surface area contributed by atoms with Gasteiger partial charge in [0, 0.05) is 19.1 Å². The Morgan fingerprint density at radius 2 is 1.95 bits per heavy atom. The molecule has 0 aliphatic carbocycles. The monoisotopic (exact) mass is 271 g/mol. The summed E-state index contributed by atoms with van der Waals surface area (Å²) in [5, 5.41) is 14.2. The van der Waals surface area contributed by atoms with Gasteiger partial charge in [0.25, 0.3) is 0 Å². The van der Waals surface area contributed by atoms with Crippen LogP contribution in [0.1, 0.15) is 39.5 Å². The number of nitrogens with zero attached hydrogens (tertiary/aromatic N) is 1. The Morgan fingerprint density at radius 1 is 1.32 bits per heavy atom. The second kappa shape index (κ2) is 7.99. The molecule has 1 rings (SSSR count). The lowest BCUT2D eigenvalue weighted by molar-refractivity contribution is -0.139. The summed E-state index contributed by atoms with van der Waals surface area (Å²) in [6.07, 6.45) is 3.39. The third-order valence-corrected chi connectivity index (χ3v) is 3.47. The normalized spacial score (nSPS) is 18.8. The van der Waals surface area contributed by atoms with Crippen LogP contribution in [-0.2, 0) is 4.79 Å². The van der Waals surface area contributed by atoms with Crippen LogP contribution < -0.4 is 10.6 Å². The van der Waals surface area contributed by atoms with E-state index in [1.807, 2.05) is 0 Å². The molecule has 6 heteroatoms. The lowest BCUT2D eigenvalue weighted by atomic mass is 10.1. The summed E-state index contributed by atoms with van der Waals surface area (Å²) in [6, 6.07) is -1.03. The number of piperidine rings is 1. The quantitative estimate of drug-likeness (QED) is 0.674. The molecular formula is C13H25N3O3. The van der Waals surface area contributed by atoms with E-state index in [4.69, 9.17) is 5.11 Å². The number of carbonyl (C=O) groups excluding carboxylic acids is 1. The van der Waals surface area contributed by atoms with Crippen molar-refractivity contribution >= 4 is 12.0 Å². The van der Waals surface area contributed by atoms with Gasteiger partial charge < -0.3 is 20.6 Å². The number of carbonyl (C=O) groups is 2. The molecule has 0 unspecified atom stereocenters. The number of likely N-dealkylation sites (tertiary alicyclic amines) is 1. The van der Waals surface area contributed by atoms with Crippen molar-refractivity contribution in [2.24, 2.45) is 0 Å². The van der Waals surface area contributed by atoms with E-state index >= 15 is 0 Å². The van der Waals surface area contributed by atoms with Crippen molar-refractivity contribution in [3.63, 3.8) is 0 Å². The molecule has 0 aromatic rings. The highest BCUT2D eigenvalue weighted by molar-refractivity contribution is 5.82. The first-order chi connectivity index (χ1) is 9.06. The van der Waals surface area contributed by atoms with Gasteiger partial charge in [-0.1, -0.05) is 13.8 Å². The first-order valence-corrected chi connectivity index (χ1v) is 7.09. The molecule has 1 atom stereocenters. The molecule has 1 aliphatic heterocycles. The fraction of sp³-hybridized carbons (Fsp3) is 0.846. The van der Waals surface area contributed by atoms with Crippen molar-refractivity contribution in [2.75, 3.05) is 19.6 Å². The van der Waals surface area contributed by atoms with Gasteiger partial charge in [-0.15, -0.1) is 0 Å². The van der Waals surface area contributed by atoms with Crippen molar-refractivity contribution in [3.05, 3.63) is 0 Å². The maximum absolute atomic E-state index is 11.7. The second-order valence-electron chi connectivity index (χ2n) is 5.03. The third-order valence-electron chi connectivity index (χ3n) is 3.47. The predicted molar refractivity (Wildman–Crippen MR) is 73.1 cm³/mol. The Kier molecular flexibility index (Phi) is 6.62. The average molecular weight is 271 g/mol. The fourth-order valence-corrected chi connectivity index (χ4v) is 2.34. The molecule has 1 fully saturated rings. The van der Waals surface area contributed by atoms with Crippen LogP contribution in [0.15, 0.2) is 0 Å². The smallest absolute Gasteiger partial charge is 0.326 e. The highest BCUT2D eigenvalue weighted by atomic mass is 16.4. The molecule has 3 N–H and O–H groups in total. The van der Waals surface area contributed by atoms with Crippen LogP contribution >= 0.6 is 0 Å². The number of aliphatic carboxylic acids is 1. The minimum absolute atomic E-state index is 0.152. The van der Waals surface area contributed by atoms with Crippen molar-refractivity contribution in [3.8, 4) is 0 Å². The van der Waals surface area contributed by atoms with Gasteiger partial charge in [-0.3, -0.25) is 0 Å². The van der Waals surface area contributed by atoms with Gasteiger partial charge in [-0.25, -0.2) is 9.59 Å². The van der Waals surface area contributed by atoms with E-state index in [9.17, 15) is 9.59 Å². The van der Waals surface area contributed by atoms with E-state index in [0.717, 1.165) is 38.9 Å². The summed E-state index contributed by atoms with van der Waals surface area (Å²) >= 11 is 0. The van der Waals surface area contributed by atoms with Crippen LogP contribution in [0, 0.1) is 0 Å². The first kappa shape index (κ1) is 15.8. The highest BCUT2D eigenvalue weighted by Crippen LogP contribution is 2.10. The molecule has 110 valence electrons. The second-order valence-corrected chi connectivity index (χ2v) is 5.03. The van der Waals surface area contributed by atoms with Crippen LogP contribution in [0.3, 0.4) is 0 Å². The number of urea groups is 1. The number of nitrogens with one attached hydrogen (secondary N) is 2. The zero-order chi connectivity index (χ0) is 14.3. The van der Waals surface area contributed by atoms with E-state index in [1.165, 1.54) is 0 Å². The van der Waals surface area contributed by atoms with Gasteiger partial charge in [0.15, 0.2) is 0 Å². The van der Waals surface area contributed by atoms with Crippen molar-refractivity contribution < 1.29 is 14.7 Å². The van der Waals surface area contributed by atoms with Crippen LogP contribution in [0.25, 0.3) is 0 Å². The molecule has 0 bridgehead atoms. The number of carboxylic acids is 1. The van der Waals surface area contributed by atoms with E-state index in [0.29, 0.717) is 6.42 Å². The number of hydrogen-bond donors (Lipinski definition) is 3. The molecule has 0 spiro atoms. The Bertz CT molecular complexity index is 302. The zero-order valence-corrected chi connectivity index (χ0v) is 11.8. The molecule has 0 saturated carbocycles. The van der Waals surface area contributed by atoms with Crippen LogP contribution in [0.5, 0.6) is 0 Å². The van der Waals surface area contributed by atoms with E-state index in [-0.39, 0.29) is 12.1 Å². The lowest BCUT2D eigenvalue weighted by Crippen LogP contribution is -2.51. The first-order valence-electron chi connectivity index (χ1n) is 7.09. The summed E-state index contributed by atoms with van der Waals surface area (Å²) in [6.45, 7) is 7.00.